The molecule has 4 nitrogen and oxygen atoms in total. The molecule has 1 aliphatic rings. The summed E-state index contributed by atoms with van der Waals surface area (Å²) in [4.78, 5) is 11.3. The summed E-state index contributed by atoms with van der Waals surface area (Å²) in [6.45, 7) is 5.60. The quantitative estimate of drug-likeness (QED) is 0.586. The zero-order chi connectivity index (χ0) is 10.8. The highest BCUT2D eigenvalue weighted by atomic mass is 16.3. The topological polar surface area (TPSA) is 61.4 Å². The SMILES string of the molecule is CC(NCC(=O)NC1CC1)C(C)(C)O. The number of carbonyl (C=O) groups is 1. The second-order valence-corrected chi connectivity index (χ2v) is 4.60. The van der Waals surface area contributed by atoms with Gasteiger partial charge in [0, 0.05) is 12.1 Å². The molecule has 4 heteroatoms. The summed E-state index contributed by atoms with van der Waals surface area (Å²) in [5.41, 5.74) is -0.792. The summed E-state index contributed by atoms with van der Waals surface area (Å²) >= 11 is 0. The Labute approximate surface area is 85.1 Å². The zero-order valence-electron chi connectivity index (χ0n) is 9.13. The van der Waals surface area contributed by atoms with Gasteiger partial charge in [-0.2, -0.15) is 0 Å². The predicted molar refractivity (Wildman–Crippen MR) is 54.9 cm³/mol. The van der Waals surface area contributed by atoms with Crippen LogP contribution in [0.2, 0.25) is 0 Å². The van der Waals surface area contributed by atoms with Crippen molar-refractivity contribution < 1.29 is 9.90 Å². The fourth-order valence-corrected chi connectivity index (χ4v) is 1.00. The van der Waals surface area contributed by atoms with E-state index < -0.39 is 5.60 Å². The largest absolute Gasteiger partial charge is 0.389 e. The lowest BCUT2D eigenvalue weighted by molar-refractivity contribution is -0.120. The molecule has 1 rings (SSSR count). The van der Waals surface area contributed by atoms with Crippen LogP contribution in [0.4, 0.5) is 0 Å². The van der Waals surface area contributed by atoms with Crippen molar-refractivity contribution in [1.29, 1.82) is 0 Å². The van der Waals surface area contributed by atoms with E-state index in [9.17, 15) is 9.90 Å². The number of hydrogen-bond acceptors (Lipinski definition) is 3. The Kier molecular flexibility index (Phi) is 3.50. The van der Waals surface area contributed by atoms with Gasteiger partial charge in [0.05, 0.1) is 12.1 Å². The van der Waals surface area contributed by atoms with Crippen molar-refractivity contribution in [2.24, 2.45) is 0 Å². The normalized spacial score (nSPS) is 19.1. The fourth-order valence-electron chi connectivity index (χ4n) is 1.00. The van der Waals surface area contributed by atoms with Crippen molar-refractivity contribution in [2.45, 2.75) is 51.3 Å². The van der Waals surface area contributed by atoms with Gasteiger partial charge in [-0.25, -0.2) is 0 Å². The van der Waals surface area contributed by atoms with E-state index in [1.807, 2.05) is 6.92 Å². The molecule has 0 aromatic rings. The molecule has 0 heterocycles. The molecule has 1 atom stereocenters. The molecule has 0 aliphatic heterocycles. The number of aliphatic hydroxyl groups is 1. The van der Waals surface area contributed by atoms with E-state index in [2.05, 4.69) is 10.6 Å². The van der Waals surface area contributed by atoms with Gasteiger partial charge in [0.2, 0.25) is 5.91 Å². The summed E-state index contributed by atoms with van der Waals surface area (Å²) in [7, 11) is 0. The minimum absolute atomic E-state index is 0.0172. The first kappa shape index (κ1) is 11.5. The summed E-state index contributed by atoms with van der Waals surface area (Å²) in [6.07, 6.45) is 2.21. The average molecular weight is 200 g/mol. The van der Waals surface area contributed by atoms with E-state index in [0.717, 1.165) is 12.8 Å². The Morgan fingerprint density at radius 2 is 2.14 bits per heavy atom. The van der Waals surface area contributed by atoms with Crippen LogP contribution in [0.15, 0.2) is 0 Å². The van der Waals surface area contributed by atoms with Gasteiger partial charge in [0.25, 0.3) is 0 Å². The van der Waals surface area contributed by atoms with Crippen molar-refractivity contribution in [3.8, 4) is 0 Å². The first-order valence-electron chi connectivity index (χ1n) is 5.14. The molecule has 0 bridgehead atoms. The Bertz CT molecular complexity index is 207. The van der Waals surface area contributed by atoms with Crippen LogP contribution in [0.1, 0.15) is 33.6 Å². The molecule has 0 aromatic heterocycles. The lowest BCUT2D eigenvalue weighted by Gasteiger charge is -2.26. The van der Waals surface area contributed by atoms with Crippen molar-refractivity contribution in [3.05, 3.63) is 0 Å². The van der Waals surface area contributed by atoms with Crippen molar-refractivity contribution in [3.63, 3.8) is 0 Å². The van der Waals surface area contributed by atoms with Gasteiger partial charge in [-0.1, -0.05) is 0 Å². The van der Waals surface area contributed by atoms with Crippen LogP contribution in [0.5, 0.6) is 0 Å². The van der Waals surface area contributed by atoms with E-state index in [1.54, 1.807) is 13.8 Å². The number of rotatable bonds is 5. The van der Waals surface area contributed by atoms with E-state index in [4.69, 9.17) is 0 Å². The van der Waals surface area contributed by atoms with Gasteiger partial charge in [-0.15, -0.1) is 0 Å². The van der Waals surface area contributed by atoms with Crippen molar-refractivity contribution in [2.75, 3.05) is 6.54 Å². The molecule has 0 spiro atoms. The minimum Gasteiger partial charge on any atom is -0.389 e. The highest BCUT2D eigenvalue weighted by Gasteiger charge is 2.25. The van der Waals surface area contributed by atoms with Gasteiger partial charge < -0.3 is 15.7 Å². The highest BCUT2D eigenvalue weighted by molar-refractivity contribution is 5.78. The van der Waals surface area contributed by atoms with Crippen LogP contribution in [-0.2, 0) is 4.79 Å². The molecule has 1 fully saturated rings. The van der Waals surface area contributed by atoms with E-state index in [1.165, 1.54) is 0 Å². The number of amides is 1. The van der Waals surface area contributed by atoms with E-state index in [0.29, 0.717) is 6.04 Å². The lowest BCUT2D eigenvalue weighted by atomic mass is 10.0. The third kappa shape index (κ3) is 4.07. The molecule has 0 radical (unpaired) electrons. The molecule has 1 saturated carbocycles. The molecule has 1 unspecified atom stereocenters. The molecule has 82 valence electrons. The lowest BCUT2D eigenvalue weighted by Crippen LogP contribution is -2.48. The third-order valence-electron chi connectivity index (χ3n) is 2.57. The summed E-state index contributed by atoms with van der Waals surface area (Å²) in [6, 6.07) is 0.314. The fraction of sp³-hybridized carbons (Fsp3) is 0.900. The van der Waals surface area contributed by atoms with Crippen LogP contribution in [0, 0.1) is 0 Å². The van der Waals surface area contributed by atoms with E-state index >= 15 is 0 Å². The van der Waals surface area contributed by atoms with Gasteiger partial charge in [0.15, 0.2) is 0 Å². The monoisotopic (exact) mass is 200 g/mol. The van der Waals surface area contributed by atoms with Crippen molar-refractivity contribution in [1.82, 2.24) is 10.6 Å². The van der Waals surface area contributed by atoms with Gasteiger partial charge in [0.1, 0.15) is 0 Å². The Hall–Kier alpha value is -0.610. The maximum Gasteiger partial charge on any atom is 0.234 e. The van der Waals surface area contributed by atoms with Crippen LogP contribution in [0.3, 0.4) is 0 Å². The zero-order valence-corrected chi connectivity index (χ0v) is 9.13. The molecular weight excluding hydrogens is 180 g/mol. The first-order valence-corrected chi connectivity index (χ1v) is 5.14. The molecular formula is C10H20N2O2. The van der Waals surface area contributed by atoms with Gasteiger partial charge in [-0.3, -0.25) is 4.79 Å². The Balaban J connectivity index is 2.15. The summed E-state index contributed by atoms with van der Waals surface area (Å²) in [5.74, 6) is 0.0172. The van der Waals surface area contributed by atoms with Crippen LogP contribution >= 0.6 is 0 Å². The molecule has 3 N–H and O–H groups in total. The minimum atomic E-state index is -0.792. The molecule has 14 heavy (non-hydrogen) atoms. The smallest absolute Gasteiger partial charge is 0.234 e. The standard InChI is InChI=1S/C10H20N2O2/c1-7(10(2,3)14)11-6-9(13)12-8-4-5-8/h7-8,11,14H,4-6H2,1-3H3,(H,12,13). The van der Waals surface area contributed by atoms with E-state index in [-0.39, 0.29) is 18.5 Å². The van der Waals surface area contributed by atoms with Crippen LogP contribution < -0.4 is 10.6 Å². The second kappa shape index (κ2) is 4.28. The van der Waals surface area contributed by atoms with Gasteiger partial charge in [-0.05, 0) is 33.6 Å². The highest BCUT2D eigenvalue weighted by Crippen LogP contribution is 2.18. The third-order valence-corrected chi connectivity index (χ3v) is 2.57. The maximum atomic E-state index is 11.3. The molecule has 0 aromatic carbocycles. The van der Waals surface area contributed by atoms with Crippen LogP contribution in [-0.4, -0.2) is 35.2 Å². The first-order chi connectivity index (χ1) is 6.39. The van der Waals surface area contributed by atoms with Gasteiger partial charge >= 0.3 is 0 Å². The molecule has 1 aliphatic carbocycles. The molecule has 0 saturated heterocycles. The number of nitrogens with one attached hydrogen (secondary N) is 2. The number of carbonyl (C=O) groups excluding carboxylic acids is 1. The Morgan fingerprint density at radius 1 is 1.57 bits per heavy atom. The summed E-state index contributed by atoms with van der Waals surface area (Å²) < 4.78 is 0. The Morgan fingerprint density at radius 3 is 2.57 bits per heavy atom. The maximum absolute atomic E-state index is 11.3. The summed E-state index contributed by atoms with van der Waals surface area (Å²) in [5, 5.41) is 15.5. The van der Waals surface area contributed by atoms with Crippen LogP contribution in [0.25, 0.3) is 0 Å². The second-order valence-electron chi connectivity index (χ2n) is 4.60. The predicted octanol–water partition coefficient (Wildman–Crippen LogP) is 0.0140. The number of hydrogen-bond donors (Lipinski definition) is 3. The molecule has 1 amide bonds. The average Bonchev–Trinajstić information content (AvgIpc) is 2.82. The van der Waals surface area contributed by atoms with Crippen molar-refractivity contribution >= 4 is 5.91 Å².